The first kappa shape index (κ1) is 36.2. The molecule has 2 aromatic carbocycles. The molecule has 6 rings (SSSR count). The minimum atomic E-state index is -1.52. The van der Waals surface area contributed by atoms with E-state index in [1.54, 1.807) is 42.8 Å². The van der Waals surface area contributed by atoms with Crippen LogP contribution < -0.4 is 5.32 Å². The van der Waals surface area contributed by atoms with Crippen molar-refractivity contribution in [3.63, 3.8) is 0 Å². The van der Waals surface area contributed by atoms with Crippen molar-refractivity contribution in [2.75, 3.05) is 5.88 Å². The number of oxime groups is 1. The number of carbonyl (C=O) groups excluding carboxylic acids is 3. The maximum absolute atomic E-state index is 13.9. The smallest absolute Gasteiger partial charge is 0.353 e. The van der Waals surface area contributed by atoms with Crippen LogP contribution in [-0.4, -0.2) is 82.1 Å². The van der Waals surface area contributed by atoms with Crippen LogP contribution in [0.4, 0.5) is 0 Å². The molecule has 266 valence electrons. The second-order valence-electron chi connectivity index (χ2n) is 13.4. The summed E-state index contributed by atoms with van der Waals surface area (Å²) in [6.07, 6.45) is 0. The molecule has 0 saturated carbocycles. The first-order valence-corrected chi connectivity index (χ1v) is 18.5. The van der Waals surface area contributed by atoms with Gasteiger partial charge in [-0.05, 0) is 68.9 Å². The third kappa shape index (κ3) is 7.70. The van der Waals surface area contributed by atoms with Crippen LogP contribution in [0.2, 0.25) is 0 Å². The number of nitrogens with zero attached hydrogens (tertiary/aromatic N) is 7. The van der Waals surface area contributed by atoms with Gasteiger partial charge < -0.3 is 19.8 Å². The molecule has 3 atom stereocenters. The zero-order chi connectivity index (χ0) is 36.5. The summed E-state index contributed by atoms with van der Waals surface area (Å²) in [5.74, 6) is -1.27. The Morgan fingerprint density at radius 3 is 2.25 bits per heavy atom. The van der Waals surface area contributed by atoms with Crippen LogP contribution in [0.1, 0.15) is 74.4 Å². The summed E-state index contributed by atoms with van der Waals surface area (Å²) in [5, 5.41) is 24.3. The SMILES string of the molecule is Cc1nc(/C(=N/OC(C)(C)C(=O)OC(C)(C)C)C(=O)N[C@@H]2C(=O)N3[C@@H](c4nnn(C(c5ccccc5)c5ccccc5)n4)C(CCl)=CS[C@H]23)cs1. The summed E-state index contributed by atoms with van der Waals surface area (Å²) in [5.41, 5.74) is 0.431. The monoisotopic (exact) mass is 748 g/mol. The summed E-state index contributed by atoms with van der Waals surface area (Å²) >= 11 is 9.07. The van der Waals surface area contributed by atoms with Gasteiger partial charge in [-0.3, -0.25) is 9.59 Å². The Morgan fingerprint density at radius 2 is 1.69 bits per heavy atom. The molecule has 1 saturated heterocycles. The number of thiazole rings is 1. The van der Waals surface area contributed by atoms with Gasteiger partial charge in [0.15, 0.2) is 5.71 Å². The van der Waals surface area contributed by atoms with E-state index in [0.717, 1.165) is 16.7 Å². The van der Waals surface area contributed by atoms with E-state index in [0.29, 0.717) is 10.8 Å². The Balaban J connectivity index is 1.24. The third-order valence-corrected chi connectivity index (χ3v) is 10.3. The van der Waals surface area contributed by atoms with Crippen LogP contribution in [0.5, 0.6) is 0 Å². The Hall–Kier alpha value is -4.60. The van der Waals surface area contributed by atoms with E-state index in [-0.39, 0.29) is 29.2 Å². The number of tetrazole rings is 1. The summed E-state index contributed by atoms with van der Waals surface area (Å²) in [6, 6.07) is 17.7. The lowest BCUT2D eigenvalue weighted by molar-refractivity contribution is -0.179. The molecule has 0 bridgehead atoms. The van der Waals surface area contributed by atoms with Crippen LogP contribution in [0.25, 0.3) is 0 Å². The largest absolute Gasteiger partial charge is 0.457 e. The minimum absolute atomic E-state index is 0.130. The number of fused-ring (bicyclic) bond motifs is 1. The van der Waals surface area contributed by atoms with Gasteiger partial charge in [0.1, 0.15) is 34.8 Å². The summed E-state index contributed by atoms with van der Waals surface area (Å²) in [7, 11) is 0. The maximum Gasteiger partial charge on any atom is 0.353 e. The lowest BCUT2D eigenvalue weighted by Crippen LogP contribution is -2.71. The van der Waals surface area contributed by atoms with Crippen LogP contribution >= 0.6 is 34.7 Å². The number of alkyl halides is 1. The predicted octanol–water partition coefficient (Wildman–Crippen LogP) is 5.18. The molecule has 13 nitrogen and oxygen atoms in total. The standard InChI is InChI=1S/C35H37ClN8O5S2/c1-20-37-24(19-50-20)25(41-49-35(5,6)33(47)48-34(2,3)4)30(45)38-26-31(46)43-28(23(17-36)18-51-32(26)43)29-39-42-44(40-29)27(21-13-9-7-10-14-21)22-15-11-8-12-16-22/h7-16,18-19,26-28,32H,17H2,1-6H3,(H,38,45)/b41-25-/t26-,28-,32-/m1/s1. The van der Waals surface area contributed by atoms with E-state index in [1.165, 1.54) is 36.9 Å². The molecule has 0 radical (unpaired) electrons. The maximum atomic E-state index is 13.9. The number of hydrogen-bond acceptors (Lipinski definition) is 12. The molecule has 4 aromatic rings. The number of thioether (sulfide) groups is 1. The van der Waals surface area contributed by atoms with Crippen molar-refractivity contribution in [3.05, 3.63) is 105 Å². The summed E-state index contributed by atoms with van der Waals surface area (Å²) < 4.78 is 5.46. The first-order chi connectivity index (χ1) is 24.3. The molecule has 2 aliphatic rings. The van der Waals surface area contributed by atoms with Crippen molar-refractivity contribution in [3.8, 4) is 0 Å². The van der Waals surface area contributed by atoms with Crippen LogP contribution in [0.15, 0.2) is 82.2 Å². The van der Waals surface area contributed by atoms with E-state index < -0.39 is 40.5 Å². The van der Waals surface area contributed by atoms with Gasteiger partial charge in [-0.15, -0.1) is 44.9 Å². The average Bonchev–Trinajstić information content (AvgIpc) is 3.76. The summed E-state index contributed by atoms with van der Waals surface area (Å²) in [4.78, 5) is 53.6. The molecule has 2 amide bonds. The highest BCUT2D eigenvalue weighted by Crippen LogP contribution is 2.46. The van der Waals surface area contributed by atoms with Gasteiger partial charge in [-0.2, -0.15) is 4.80 Å². The highest BCUT2D eigenvalue weighted by molar-refractivity contribution is 8.02. The number of aryl methyl sites for hydroxylation is 1. The Labute approximate surface area is 308 Å². The Bertz CT molecular complexity index is 1940. The molecule has 0 spiro atoms. The lowest BCUT2D eigenvalue weighted by atomic mass is 9.98. The topological polar surface area (TPSA) is 154 Å². The van der Waals surface area contributed by atoms with Crippen LogP contribution in [0, 0.1) is 6.92 Å². The average molecular weight is 749 g/mol. The number of amides is 2. The highest BCUT2D eigenvalue weighted by Gasteiger charge is 2.55. The Kier molecular flexibility index (Phi) is 10.3. The molecule has 1 fully saturated rings. The molecule has 0 aliphatic carbocycles. The molecule has 2 aromatic heterocycles. The van der Waals surface area contributed by atoms with E-state index in [4.69, 9.17) is 26.3 Å². The second kappa shape index (κ2) is 14.6. The molecule has 16 heteroatoms. The Morgan fingerprint density at radius 1 is 1.04 bits per heavy atom. The number of aromatic nitrogens is 5. The number of hydrogen-bond donors (Lipinski definition) is 1. The number of benzene rings is 2. The van der Waals surface area contributed by atoms with Gasteiger partial charge in [-0.1, -0.05) is 65.8 Å². The molecule has 0 unspecified atom stereocenters. The quantitative estimate of drug-likeness (QED) is 0.0714. The van der Waals surface area contributed by atoms with E-state index >= 15 is 0 Å². The van der Waals surface area contributed by atoms with Gasteiger partial charge in [-0.25, -0.2) is 9.78 Å². The fourth-order valence-electron chi connectivity index (χ4n) is 5.50. The number of ether oxygens (including phenoxy) is 1. The number of halogens is 1. The van der Waals surface area contributed by atoms with Crippen LogP contribution in [-0.2, 0) is 24.0 Å². The van der Waals surface area contributed by atoms with Crippen molar-refractivity contribution < 1.29 is 24.0 Å². The lowest BCUT2D eigenvalue weighted by Gasteiger charge is -2.51. The predicted molar refractivity (Wildman–Crippen MR) is 194 cm³/mol. The molecule has 51 heavy (non-hydrogen) atoms. The normalized spacial score (nSPS) is 19.3. The number of β-lactam (4-membered cyclic amide) rings is 1. The highest BCUT2D eigenvalue weighted by atomic mass is 35.5. The minimum Gasteiger partial charge on any atom is -0.457 e. The second-order valence-corrected chi connectivity index (χ2v) is 15.8. The first-order valence-electron chi connectivity index (χ1n) is 16.1. The van der Waals surface area contributed by atoms with Crippen molar-refractivity contribution in [1.82, 2.24) is 35.4 Å². The zero-order valence-corrected chi connectivity index (χ0v) is 31.2. The third-order valence-electron chi connectivity index (χ3n) is 7.99. The van der Waals surface area contributed by atoms with Gasteiger partial charge in [0, 0.05) is 11.3 Å². The number of carbonyl (C=O) groups is 3. The van der Waals surface area contributed by atoms with Crippen molar-refractivity contribution >= 4 is 58.2 Å². The fourth-order valence-corrected chi connectivity index (χ4v) is 7.64. The zero-order valence-electron chi connectivity index (χ0n) is 28.8. The van der Waals surface area contributed by atoms with Gasteiger partial charge in [0.05, 0.1) is 5.01 Å². The number of esters is 1. The molecular weight excluding hydrogens is 712 g/mol. The number of rotatable bonds is 11. The number of nitrogens with one attached hydrogen (secondary N) is 1. The molecule has 2 aliphatic heterocycles. The van der Waals surface area contributed by atoms with Gasteiger partial charge in [0.2, 0.25) is 17.3 Å². The van der Waals surface area contributed by atoms with Crippen molar-refractivity contribution in [1.29, 1.82) is 0 Å². The van der Waals surface area contributed by atoms with Crippen LogP contribution in [0.3, 0.4) is 0 Å². The summed E-state index contributed by atoms with van der Waals surface area (Å²) in [6.45, 7) is 9.99. The van der Waals surface area contributed by atoms with Gasteiger partial charge in [0.25, 0.3) is 5.91 Å². The van der Waals surface area contributed by atoms with Crippen molar-refractivity contribution in [2.24, 2.45) is 5.16 Å². The van der Waals surface area contributed by atoms with E-state index in [1.807, 2.05) is 66.1 Å². The van der Waals surface area contributed by atoms with Gasteiger partial charge >= 0.3 is 5.97 Å². The molecular formula is C35H37ClN8O5S2. The molecule has 1 N–H and O–H groups in total. The van der Waals surface area contributed by atoms with Crippen molar-refractivity contribution in [2.45, 2.75) is 76.2 Å². The molecule has 4 heterocycles. The fraction of sp³-hybridized carbons (Fsp3) is 0.371. The van der Waals surface area contributed by atoms with E-state index in [9.17, 15) is 14.4 Å². The van der Waals surface area contributed by atoms with E-state index in [2.05, 4.69) is 25.8 Å².